The van der Waals surface area contributed by atoms with Crippen molar-refractivity contribution in [3.63, 3.8) is 0 Å². The molecule has 1 N–H and O–H groups in total. The molecule has 3 amide bonds. The molecular formula is C26H28F2N4O3. The molecule has 0 saturated heterocycles. The van der Waals surface area contributed by atoms with Crippen molar-refractivity contribution < 1.29 is 23.1 Å². The Labute approximate surface area is 202 Å². The van der Waals surface area contributed by atoms with Gasteiger partial charge in [-0.25, -0.2) is 13.6 Å². The van der Waals surface area contributed by atoms with Gasteiger partial charge in [-0.15, -0.1) is 0 Å². The van der Waals surface area contributed by atoms with Crippen molar-refractivity contribution in [3.05, 3.63) is 89.2 Å². The van der Waals surface area contributed by atoms with Crippen molar-refractivity contribution in [2.75, 3.05) is 38.7 Å². The minimum atomic E-state index is -0.896. The van der Waals surface area contributed by atoms with Gasteiger partial charge < -0.3 is 24.4 Å². The van der Waals surface area contributed by atoms with E-state index in [0.717, 1.165) is 29.0 Å². The summed E-state index contributed by atoms with van der Waals surface area (Å²) in [6.07, 6.45) is 1.99. The Morgan fingerprint density at radius 2 is 1.89 bits per heavy atom. The Morgan fingerprint density at radius 3 is 2.60 bits per heavy atom. The molecule has 0 saturated carbocycles. The van der Waals surface area contributed by atoms with Crippen molar-refractivity contribution in [2.24, 2.45) is 0 Å². The third-order valence-corrected chi connectivity index (χ3v) is 6.10. The molecule has 3 aromatic rings. The normalized spacial score (nSPS) is 15.0. The number of carbonyl (C=O) groups is 2. The fourth-order valence-electron chi connectivity index (χ4n) is 4.24. The summed E-state index contributed by atoms with van der Waals surface area (Å²) in [5.41, 5.74) is 2.92. The lowest BCUT2D eigenvalue weighted by Gasteiger charge is -2.38. The maximum absolute atomic E-state index is 14.1. The third kappa shape index (κ3) is 5.51. The number of amides is 3. The number of hydrogen-bond acceptors (Lipinski definition) is 3. The molecular weight excluding hydrogens is 454 g/mol. The van der Waals surface area contributed by atoms with Crippen LogP contribution in [0, 0.1) is 18.6 Å². The minimum absolute atomic E-state index is 0.121. The summed E-state index contributed by atoms with van der Waals surface area (Å²) >= 11 is 0. The van der Waals surface area contributed by atoms with Gasteiger partial charge in [-0.1, -0.05) is 29.8 Å². The number of benzene rings is 2. The first kappa shape index (κ1) is 24.4. The number of aromatic nitrogens is 1. The number of halogens is 2. The van der Waals surface area contributed by atoms with E-state index < -0.39 is 17.7 Å². The van der Waals surface area contributed by atoms with Gasteiger partial charge in [-0.05, 0) is 36.8 Å². The first-order valence-electron chi connectivity index (χ1n) is 11.4. The lowest BCUT2D eigenvalue weighted by Crippen LogP contribution is -2.49. The number of carbonyl (C=O) groups excluding carboxylic acids is 2. The van der Waals surface area contributed by atoms with E-state index in [1.165, 1.54) is 12.0 Å². The minimum Gasteiger partial charge on any atom is -0.383 e. The molecule has 1 atom stereocenters. The summed E-state index contributed by atoms with van der Waals surface area (Å²) in [7, 11) is 1.49. The Bertz CT molecular complexity index is 1200. The number of urea groups is 1. The topological polar surface area (TPSA) is 66.8 Å². The van der Waals surface area contributed by atoms with Gasteiger partial charge in [0.15, 0.2) is 0 Å². The summed E-state index contributed by atoms with van der Waals surface area (Å²) < 4.78 is 34.5. The van der Waals surface area contributed by atoms with Crippen LogP contribution < -0.4 is 5.32 Å². The quantitative estimate of drug-likeness (QED) is 0.549. The summed E-state index contributed by atoms with van der Waals surface area (Å²) in [5, 5.41) is 2.43. The molecule has 0 radical (unpaired) electrons. The molecule has 2 aromatic carbocycles. The zero-order chi connectivity index (χ0) is 24.9. The third-order valence-electron chi connectivity index (χ3n) is 6.10. The molecule has 7 nitrogen and oxygen atoms in total. The number of hydrogen-bond donors (Lipinski definition) is 1. The Morgan fingerprint density at radius 1 is 1.11 bits per heavy atom. The lowest BCUT2D eigenvalue weighted by atomic mass is 9.98. The van der Waals surface area contributed by atoms with Crippen molar-refractivity contribution in [2.45, 2.75) is 19.5 Å². The van der Waals surface area contributed by atoms with Crippen molar-refractivity contribution in [1.29, 1.82) is 0 Å². The molecule has 9 heteroatoms. The first-order valence-corrected chi connectivity index (χ1v) is 11.4. The fraction of sp³-hybridized carbons (Fsp3) is 0.308. The highest BCUT2D eigenvalue weighted by molar-refractivity contribution is 5.92. The van der Waals surface area contributed by atoms with Gasteiger partial charge in [0.25, 0.3) is 0 Å². The van der Waals surface area contributed by atoms with Gasteiger partial charge in [-0.3, -0.25) is 4.79 Å². The van der Waals surface area contributed by atoms with Gasteiger partial charge in [0.1, 0.15) is 18.2 Å². The highest BCUT2D eigenvalue weighted by atomic mass is 19.1. The van der Waals surface area contributed by atoms with Gasteiger partial charge in [0, 0.05) is 44.7 Å². The molecule has 1 unspecified atom stereocenters. The average Bonchev–Trinajstić information content (AvgIpc) is 3.32. The maximum Gasteiger partial charge on any atom is 0.322 e. The predicted molar refractivity (Wildman–Crippen MR) is 128 cm³/mol. The zero-order valence-electron chi connectivity index (χ0n) is 19.7. The van der Waals surface area contributed by atoms with E-state index >= 15 is 0 Å². The van der Waals surface area contributed by atoms with Crippen LogP contribution in [0.2, 0.25) is 0 Å². The maximum atomic E-state index is 14.1. The molecule has 1 aromatic heterocycles. The lowest BCUT2D eigenvalue weighted by molar-refractivity contribution is -0.134. The molecule has 1 aliphatic rings. The number of methoxy groups -OCH3 is 1. The number of nitrogens with one attached hydrogen (secondary N) is 1. The van der Waals surface area contributed by atoms with Crippen LogP contribution in [0.3, 0.4) is 0 Å². The Hall–Kier alpha value is -3.72. The van der Waals surface area contributed by atoms with Crippen molar-refractivity contribution in [3.8, 4) is 0 Å². The van der Waals surface area contributed by atoms with E-state index in [4.69, 9.17) is 4.74 Å². The second-order valence-electron chi connectivity index (χ2n) is 8.50. The Kier molecular flexibility index (Phi) is 7.45. The van der Waals surface area contributed by atoms with Crippen LogP contribution in [0.25, 0.3) is 0 Å². The van der Waals surface area contributed by atoms with Crippen LogP contribution in [0.1, 0.15) is 22.9 Å². The average molecular weight is 483 g/mol. The Balaban J connectivity index is 1.56. The molecule has 35 heavy (non-hydrogen) atoms. The van der Waals surface area contributed by atoms with Crippen LogP contribution in [0.15, 0.2) is 60.8 Å². The van der Waals surface area contributed by atoms with Gasteiger partial charge in [-0.2, -0.15) is 0 Å². The molecule has 4 rings (SSSR count). The van der Waals surface area contributed by atoms with E-state index in [2.05, 4.69) is 9.88 Å². The second-order valence-corrected chi connectivity index (χ2v) is 8.50. The molecule has 184 valence electrons. The second kappa shape index (κ2) is 10.7. The van der Waals surface area contributed by atoms with Crippen molar-refractivity contribution in [1.82, 2.24) is 14.4 Å². The molecule has 1 aliphatic heterocycles. The first-order chi connectivity index (χ1) is 16.9. The van der Waals surface area contributed by atoms with E-state index in [-0.39, 0.29) is 37.3 Å². The van der Waals surface area contributed by atoms with Gasteiger partial charge >= 0.3 is 6.03 Å². The number of rotatable bonds is 7. The summed E-state index contributed by atoms with van der Waals surface area (Å²) in [4.78, 5) is 29.5. The highest BCUT2D eigenvalue weighted by Gasteiger charge is 2.33. The zero-order valence-corrected chi connectivity index (χ0v) is 19.7. The standard InChI is InChI=1S/C26H28F2N4O3/c1-18-5-7-19(8-6-18)25-23-4-3-11-30(23)12-13-32(25)24(33)17-31(14-15-35-2)26(34)29-22-10-9-20(27)16-21(22)28/h3-11,16,25H,12-15,17H2,1-2H3,(H,29,34). The van der Waals surface area contributed by atoms with Crippen LogP contribution in [0.5, 0.6) is 0 Å². The molecule has 0 aliphatic carbocycles. The number of ether oxygens (including phenoxy) is 1. The number of aryl methyl sites for hydroxylation is 1. The van der Waals surface area contributed by atoms with Crippen LogP contribution in [-0.2, 0) is 16.1 Å². The largest absolute Gasteiger partial charge is 0.383 e. The molecule has 0 bridgehead atoms. The van der Waals surface area contributed by atoms with E-state index in [0.29, 0.717) is 19.2 Å². The molecule has 2 heterocycles. The number of anilines is 1. The van der Waals surface area contributed by atoms with Crippen LogP contribution in [-0.4, -0.2) is 59.7 Å². The smallest absolute Gasteiger partial charge is 0.322 e. The van der Waals surface area contributed by atoms with Crippen LogP contribution in [0.4, 0.5) is 19.3 Å². The summed E-state index contributed by atoms with van der Waals surface area (Å²) in [6, 6.07) is 13.9. The summed E-state index contributed by atoms with van der Waals surface area (Å²) in [6.45, 7) is 3.22. The van der Waals surface area contributed by atoms with Crippen molar-refractivity contribution >= 4 is 17.6 Å². The monoisotopic (exact) mass is 482 g/mol. The van der Waals surface area contributed by atoms with Gasteiger partial charge in [0.2, 0.25) is 5.91 Å². The highest BCUT2D eigenvalue weighted by Crippen LogP contribution is 2.32. The van der Waals surface area contributed by atoms with E-state index in [9.17, 15) is 18.4 Å². The van der Waals surface area contributed by atoms with Gasteiger partial charge in [0.05, 0.1) is 18.3 Å². The van der Waals surface area contributed by atoms with E-state index in [1.54, 1.807) is 4.90 Å². The SMILES string of the molecule is COCCN(CC(=O)N1CCn2cccc2C1c1ccc(C)cc1)C(=O)Nc1ccc(F)cc1F. The van der Waals surface area contributed by atoms with Crippen LogP contribution >= 0.6 is 0 Å². The number of nitrogens with zero attached hydrogens (tertiary/aromatic N) is 3. The summed E-state index contributed by atoms with van der Waals surface area (Å²) in [5.74, 6) is -1.88. The molecule has 0 spiro atoms. The predicted octanol–water partition coefficient (Wildman–Crippen LogP) is 4.19. The number of fused-ring (bicyclic) bond motifs is 1. The fourth-order valence-corrected chi connectivity index (χ4v) is 4.24. The molecule has 0 fully saturated rings. The van der Waals surface area contributed by atoms with E-state index in [1.807, 2.05) is 49.5 Å².